The molecule has 1 atom stereocenters. The van der Waals surface area contributed by atoms with Crippen molar-refractivity contribution in [1.29, 1.82) is 0 Å². The Labute approximate surface area is 127 Å². The first-order valence-electron chi connectivity index (χ1n) is 7.60. The summed E-state index contributed by atoms with van der Waals surface area (Å²) in [5.41, 5.74) is 2.37. The highest BCUT2D eigenvalue weighted by Gasteiger charge is 2.21. The second-order valence-corrected chi connectivity index (χ2v) is 5.90. The number of amides is 1. The second-order valence-electron chi connectivity index (χ2n) is 5.90. The Morgan fingerprint density at radius 2 is 2.29 bits per heavy atom. The fourth-order valence-corrected chi connectivity index (χ4v) is 2.48. The lowest BCUT2D eigenvalue weighted by Crippen LogP contribution is -2.39. The van der Waals surface area contributed by atoms with Crippen LogP contribution in [0.4, 0.5) is 0 Å². The van der Waals surface area contributed by atoms with Gasteiger partial charge < -0.3 is 14.4 Å². The molecular formula is C17H25NO3. The molecule has 0 bridgehead atoms. The predicted molar refractivity (Wildman–Crippen MR) is 82.0 cm³/mol. The van der Waals surface area contributed by atoms with Crippen molar-refractivity contribution >= 4 is 5.91 Å². The van der Waals surface area contributed by atoms with Crippen molar-refractivity contribution in [3.8, 4) is 0 Å². The maximum Gasteiger partial charge on any atom is 0.249 e. The van der Waals surface area contributed by atoms with Crippen LogP contribution < -0.4 is 0 Å². The largest absolute Gasteiger partial charge is 0.379 e. The lowest BCUT2D eigenvalue weighted by molar-refractivity contribution is -0.140. The van der Waals surface area contributed by atoms with Crippen molar-refractivity contribution in [2.75, 3.05) is 19.8 Å². The smallest absolute Gasteiger partial charge is 0.249 e. The maximum absolute atomic E-state index is 12.4. The van der Waals surface area contributed by atoms with Crippen LogP contribution in [0.5, 0.6) is 0 Å². The number of hydrogen-bond donors (Lipinski definition) is 0. The average molecular weight is 291 g/mol. The third-order valence-corrected chi connectivity index (χ3v) is 3.71. The van der Waals surface area contributed by atoms with E-state index in [4.69, 9.17) is 9.47 Å². The molecule has 1 aliphatic heterocycles. The van der Waals surface area contributed by atoms with E-state index in [1.807, 2.05) is 24.8 Å². The van der Waals surface area contributed by atoms with E-state index >= 15 is 0 Å². The number of benzene rings is 1. The number of nitrogens with zero attached hydrogens (tertiary/aromatic N) is 1. The lowest BCUT2D eigenvalue weighted by atomic mass is 10.1. The standard InChI is InChI=1S/C17H25NO3/c1-13(2)18(10-15-6-4-5-14(3)9-15)17(19)12-21-16-7-8-20-11-16/h4-6,9,13,16H,7-8,10-12H2,1-3H3/t16-/m0/s1. The molecule has 1 amide bonds. The van der Waals surface area contributed by atoms with Crippen LogP contribution in [0.15, 0.2) is 24.3 Å². The number of hydrogen-bond acceptors (Lipinski definition) is 3. The van der Waals surface area contributed by atoms with Gasteiger partial charge in [0.1, 0.15) is 6.61 Å². The van der Waals surface area contributed by atoms with E-state index in [1.165, 1.54) is 5.56 Å². The molecule has 0 radical (unpaired) electrons. The van der Waals surface area contributed by atoms with Gasteiger partial charge in [-0.15, -0.1) is 0 Å². The number of ether oxygens (including phenoxy) is 2. The van der Waals surface area contributed by atoms with Crippen LogP contribution in [0.3, 0.4) is 0 Å². The summed E-state index contributed by atoms with van der Waals surface area (Å²) in [6, 6.07) is 8.42. The Hall–Kier alpha value is -1.39. The molecule has 0 N–H and O–H groups in total. The molecule has 116 valence electrons. The van der Waals surface area contributed by atoms with Crippen molar-refractivity contribution in [1.82, 2.24) is 4.90 Å². The molecule has 0 aromatic heterocycles. The summed E-state index contributed by atoms with van der Waals surface area (Å²) in [6.45, 7) is 8.23. The van der Waals surface area contributed by atoms with Gasteiger partial charge in [0, 0.05) is 19.2 Å². The molecule has 0 unspecified atom stereocenters. The summed E-state index contributed by atoms with van der Waals surface area (Å²) >= 11 is 0. The van der Waals surface area contributed by atoms with Gasteiger partial charge in [0.05, 0.1) is 12.7 Å². The van der Waals surface area contributed by atoms with Crippen LogP contribution in [0.2, 0.25) is 0 Å². The average Bonchev–Trinajstić information content (AvgIpc) is 2.95. The van der Waals surface area contributed by atoms with Gasteiger partial charge in [-0.05, 0) is 32.8 Å². The Morgan fingerprint density at radius 1 is 1.48 bits per heavy atom. The van der Waals surface area contributed by atoms with Crippen LogP contribution in [-0.4, -0.2) is 42.8 Å². The van der Waals surface area contributed by atoms with Gasteiger partial charge in [-0.25, -0.2) is 0 Å². The quantitative estimate of drug-likeness (QED) is 0.808. The molecule has 0 aliphatic carbocycles. The van der Waals surface area contributed by atoms with E-state index in [-0.39, 0.29) is 24.7 Å². The molecule has 2 rings (SSSR count). The van der Waals surface area contributed by atoms with Crippen LogP contribution in [0.25, 0.3) is 0 Å². The molecule has 4 heteroatoms. The maximum atomic E-state index is 12.4. The summed E-state index contributed by atoms with van der Waals surface area (Å²) < 4.78 is 10.9. The normalized spacial score (nSPS) is 18.2. The second kappa shape index (κ2) is 7.57. The zero-order chi connectivity index (χ0) is 15.2. The van der Waals surface area contributed by atoms with Crippen LogP contribution in [0.1, 0.15) is 31.4 Å². The molecule has 1 aliphatic rings. The Morgan fingerprint density at radius 3 is 2.90 bits per heavy atom. The molecule has 1 heterocycles. The zero-order valence-corrected chi connectivity index (χ0v) is 13.2. The summed E-state index contributed by atoms with van der Waals surface area (Å²) in [5.74, 6) is 0.0402. The van der Waals surface area contributed by atoms with E-state index < -0.39 is 0 Å². The fraction of sp³-hybridized carbons (Fsp3) is 0.588. The SMILES string of the molecule is Cc1cccc(CN(C(=O)CO[C@H]2CCOC2)C(C)C)c1. The summed E-state index contributed by atoms with van der Waals surface area (Å²) in [7, 11) is 0. The van der Waals surface area contributed by atoms with Gasteiger partial charge in [-0.1, -0.05) is 29.8 Å². The Balaban J connectivity index is 1.92. The molecule has 1 aromatic carbocycles. The van der Waals surface area contributed by atoms with E-state index in [2.05, 4.69) is 25.1 Å². The van der Waals surface area contributed by atoms with Gasteiger partial charge in [-0.3, -0.25) is 4.79 Å². The van der Waals surface area contributed by atoms with Crippen molar-refractivity contribution in [2.45, 2.75) is 45.9 Å². The molecule has 1 saturated heterocycles. The van der Waals surface area contributed by atoms with Crippen molar-refractivity contribution in [3.05, 3.63) is 35.4 Å². The van der Waals surface area contributed by atoms with E-state index in [0.29, 0.717) is 13.2 Å². The van der Waals surface area contributed by atoms with E-state index in [0.717, 1.165) is 18.6 Å². The summed E-state index contributed by atoms with van der Waals surface area (Å²) in [4.78, 5) is 14.3. The first-order valence-corrected chi connectivity index (χ1v) is 7.60. The highest BCUT2D eigenvalue weighted by atomic mass is 16.5. The van der Waals surface area contributed by atoms with E-state index in [1.54, 1.807) is 0 Å². The first kappa shape index (κ1) is 16.0. The minimum atomic E-state index is 0.0402. The van der Waals surface area contributed by atoms with Gasteiger partial charge in [-0.2, -0.15) is 0 Å². The van der Waals surface area contributed by atoms with Gasteiger partial charge in [0.2, 0.25) is 5.91 Å². The minimum Gasteiger partial charge on any atom is -0.379 e. The monoisotopic (exact) mass is 291 g/mol. The molecule has 0 saturated carbocycles. The zero-order valence-electron chi connectivity index (χ0n) is 13.2. The molecule has 4 nitrogen and oxygen atoms in total. The number of rotatable bonds is 6. The third kappa shape index (κ3) is 4.83. The first-order chi connectivity index (χ1) is 10.1. The van der Waals surface area contributed by atoms with E-state index in [9.17, 15) is 4.79 Å². The molecule has 21 heavy (non-hydrogen) atoms. The topological polar surface area (TPSA) is 38.8 Å². The fourth-order valence-electron chi connectivity index (χ4n) is 2.48. The lowest BCUT2D eigenvalue weighted by Gasteiger charge is -2.27. The van der Waals surface area contributed by atoms with Gasteiger partial charge in [0.25, 0.3) is 0 Å². The van der Waals surface area contributed by atoms with Crippen LogP contribution in [-0.2, 0) is 20.8 Å². The van der Waals surface area contributed by atoms with Gasteiger partial charge >= 0.3 is 0 Å². The number of carbonyl (C=O) groups is 1. The molecule has 1 aromatic rings. The van der Waals surface area contributed by atoms with Crippen LogP contribution >= 0.6 is 0 Å². The molecule has 1 fully saturated rings. The number of carbonyl (C=O) groups excluding carboxylic acids is 1. The predicted octanol–water partition coefficient (Wildman–Crippen LogP) is 2.54. The number of aryl methyl sites for hydroxylation is 1. The highest BCUT2D eigenvalue weighted by Crippen LogP contribution is 2.12. The summed E-state index contributed by atoms with van der Waals surface area (Å²) in [6.07, 6.45) is 0.953. The van der Waals surface area contributed by atoms with Crippen molar-refractivity contribution < 1.29 is 14.3 Å². The highest BCUT2D eigenvalue weighted by molar-refractivity contribution is 5.77. The van der Waals surface area contributed by atoms with Crippen molar-refractivity contribution in [3.63, 3.8) is 0 Å². The van der Waals surface area contributed by atoms with Gasteiger partial charge in [0.15, 0.2) is 0 Å². The molecule has 0 spiro atoms. The van der Waals surface area contributed by atoms with Crippen molar-refractivity contribution in [2.24, 2.45) is 0 Å². The Bertz CT molecular complexity index is 467. The minimum absolute atomic E-state index is 0.0402. The van der Waals surface area contributed by atoms with Crippen LogP contribution in [0, 0.1) is 6.92 Å². The molecular weight excluding hydrogens is 266 g/mol. The summed E-state index contributed by atoms with van der Waals surface area (Å²) in [5, 5.41) is 0. The Kier molecular flexibility index (Phi) is 5.76. The third-order valence-electron chi connectivity index (χ3n) is 3.71.